The topological polar surface area (TPSA) is 91.0 Å². The zero-order valence-corrected chi connectivity index (χ0v) is 16.9. The minimum Gasteiger partial charge on any atom is -0.339 e. The van der Waals surface area contributed by atoms with Crippen molar-refractivity contribution >= 4 is 17.5 Å². The molecule has 0 saturated carbocycles. The van der Waals surface area contributed by atoms with Crippen LogP contribution in [0, 0.1) is 24.5 Å². The Balaban J connectivity index is 1.32. The van der Waals surface area contributed by atoms with Gasteiger partial charge in [0, 0.05) is 36.3 Å². The molecule has 4 rings (SSSR count). The Morgan fingerprint density at radius 1 is 1.10 bits per heavy atom. The number of H-pyrrole nitrogens is 1. The van der Waals surface area contributed by atoms with Crippen molar-refractivity contribution in [3.05, 3.63) is 65.5 Å². The Kier molecular flexibility index (Phi) is 5.75. The molecule has 2 N–H and O–H groups in total. The van der Waals surface area contributed by atoms with Gasteiger partial charge < -0.3 is 10.2 Å². The van der Waals surface area contributed by atoms with Crippen LogP contribution < -0.4 is 5.32 Å². The second kappa shape index (κ2) is 8.63. The van der Waals surface area contributed by atoms with E-state index in [4.69, 9.17) is 0 Å². The molecule has 0 unspecified atom stereocenters. The molecule has 7 nitrogen and oxygen atoms in total. The van der Waals surface area contributed by atoms with Gasteiger partial charge >= 0.3 is 0 Å². The first kappa shape index (κ1) is 20.6. The number of carbonyl (C=O) groups excluding carboxylic acids is 2. The number of aromatic nitrogens is 3. The Morgan fingerprint density at radius 2 is 1.81 bits per heavy atom. The highest BCUT2D eigenvalue weighted by Gasteiger charge is 2.29. The van der Waals surface area contributed by atoms with Crippen molar-refractivity contribution in [3.63, 3.8) is 0 Å². The number of rotatable bonds is 4. The van der Waals surface area contributed by atoms with Gasteiger partial charge in [-0.15, -0.1) is 0 Å². The molecule has 1 saturated heterocycles. The van der Waals surface area contributed by atoms with Gasteiger partial charge in [0.15, 0.2) is 5.82 Å². The van der Waals surface area contributed by atoms with Crippen LogP contribution in [0.4, 0.5) is 14.5 Å². The monoisotopic (exact) mass is 425 g/mol. The molecule has 1 aliphatic rings. The minimum absolute atomic E-state index is 0.124. The van der Waals surface area contributed by atoms with Gasteiger partial charge in [0.05, 0.1) is 5.56 Å². The third-order valence-electron chi connectivity index (χ3n) is 5.32. The first-order valence-corrected chi connectivity index (χ1v) is 9.95. The van der Waals surface area contributed by atoms with Gasteiger partial charge in [0.25, 0.3) is 5.91 Å². The molecule has 9 heteroatoms. The maximum absolute atomic E-state index is 13.9. The Labute approximate surface area is 177 Å². The summed E-state index contributed by atoms with van der Waals surface area (Å²) in [5.74, 6) is -1.17. The van der Waals surface area contributed by atoms with Crippen LogP contribution in [0.3, 0.4) is 0 Å². The largest absolute Gasteiger partial charge is 0.339 e. The molecule has 2 amide bonds. The molecule has 1 aromatic heterocycles. The van der Waals surface area contributed by atoms with E-state index in [2.05, 4.69) is 20.5 Å². The van der Waals surface area contributed by atoms with Crippen molar-refractivity contribution in [3.8, 4) is 11.4 Å². The van der Waals surface area contributed by atoms with E-state index in [0.29, 0.717) is 43.5 Å². The number of aromatic amines is 1. The average Bonchev–Trinajstić information content (AvgIpc) is 3.20. The first-order valence-electron chi connectivity index (χ1n) is 9.95. The van der Waals surface area contributed by atoms with Crippen LogP contribution in [0.15, 0.2) is 42.5 Å². The van der Waals surface area contributed by atoms with E-state index in [9.17, 15) is 18.4 Å². The highest BCUT2D eigenvalue weighted by atomic mass is 19.1. The molecule has 2 heterocycles. The summed E-state index contributed by atoms with van der Waals surface area (Å²) in [6.45, 7) is 2.48. The third kappa shape index (κ3) is 4.60. The number of nitrogens with zero attached hydrogens (tertiary/aromatic N) is 3. The maximum Gasteiger partial charge on any atom is 0.256 e. The zero-order valence-electron chi connectivity index (χ0n) is 16.9. The summed E-state index contributed by atoms with van der Waals surface area (Å²) in [6, 6.07) is 10.1. The quantitative estimate of drug-likeness (QED) is 0.669. The van der Waals surface area contributed by atoms with E-state index in [1.165, 1.54) is 4.90 Å². The van der Waals surface area contributed by atoms with Gasteiger partial charge in [-0.05, 0) is 56.2 Å². The highest BCUT2D eigenvalue weighted by Crippen LogP contribution is 2.23. The van der Waals surface area contributed by atoms with Gasteiger partial charge in [-0.3, -0.25) is 14.7 Å². The zero-order chi connectivity index (χ0) is 22.0. The Morgan fingerprint density at radius 3 is 2.42 bits per heavy atom. The standard InChI is InChI=1S/C22H21F2N5O2/c1-13-25-20(28-27-13)14-2-5-17(6-3-14)26-21(30)15-8-10-29(11-9-15)22(31)18-7-4-16(23)12-19(18)24/h2-7,12,15H,8-11H2,1H3,(H,26,30)(H,25,27,28). The van der Waals surface area contributed by atoms with Crippen molar-refractivity contribution in [1.82, 2.24) is 20.1 Å². The average molecular weight is 425 g/mol. The fourth-order valence-corrected chi connectivity index (χ4v) is 3.60. The SMILES string of the molecule is Cc1nc(-c2ccc(NC(=O)C3CCN(C(=O)c4ccc(F)cc4F)CC3)cc2)n[nH]1. The lowest BCUT2D eigenvalue weighted by atomic mass is 9.95. The van der Waals surface area contributed by atoms with Gasteiger partial charge in [0.2, 0.25) is 5.91 Å². The van der Waals surface area contributed by atoms with Gasteiger partial charge in [-0.2, -0.15) is 5.10 Å². The summed E-state index contributed by atoms with van der Waals surface area (Å²) >= 11 is 0. The number of hydrogen-bond acceptors (Lipinski definition) is 4. The van der Waals surface area contributed by atoms with E-state index in [-0.39, 0.29) is 17.4 Å². The molecule has 1 fully saturated rings. The number of likely N-dealkylation sites (tertiary alicyclic amines) is 1. The van der Waals surface area contributed by atoms with Gasteiger partial charge in [0.1, 0.15) is 17.5 Å². The van der Waals surface area contributed by atoms with Crippen LogP contribution in [0.2, 0.25) is 0 Å². The maximum atomic E-state index is 13.9. The molecule has 0 aliphatic carbocycles. The number of halogens is 2. The fraction of sp³-hybridized carbons (Fsp3) is 0.273. The molecule has 2 aromatic carbocycles. The van der Waals surface area contributed by atoms with Crippen molar-refractivity contribution in [2.24, 2.45) is 5.92 Å². The lowest BCUT2D eigenvalue weighted by Gasteiger charge is -2.31. The minimum atomic E-state index is -0.881. The number of amides is 2. The summed E-state index contributed by atoms with van der Waals surface area (Å²) in [6.07, 6.45) is 0.934. The summed E-state index contributed by atoms with van der Waals surface area (Å²) in [7, 11) is 0. The smallest absolute Gasteiger partial charge is 0.256 e. The molecule has 0 spiro atoms. The van der Waals surface area contributed by atoms with Crippen molar-refractivity contribution in [2.75, 3.05) is 18.4 Å². The molecule has 31 heavy (non-hydrogen) atoms. The summed E-state index contributed by atoms with van der Waals surface area (Å²) in [5, 5.41) is 9.79. The lowest BCUT2D eigenvalue weighted by molar-refractivity contribution is -0.121. The van der Waals surface area contributed by atoms with E-state index < -0.39 is 17.5 Å². The fourth-order valence-electron chi connectivity index (χ4n) is 3.60. The normalized spacial score (nSPS) is 14.5. The predicted octanol–water partition coefficient (Wildman–Crippen LogP) is 3.55. The van der Waals surface area contributed by atoms with Crippen molar-refractivity contribution in [2.45, 2.75) is 19.8 Å². The van der Waals surface area contributed by atoms with Gasteiger partial charge in [-0.1, -0.05) is 0 Å². The molecule has 3 aromatic rings. The lowest BCUT2D eigenvalue weighted by Crippen LogP contribution is -2.41. The molecule has 0 atom stereocenters. The number of benzene rings is 2. The number of hydrogen-bond donors (Lipinski definition) is 2. The number of aryl methyl sites for hydroxylation is 1. The first-order chi connectivity index (χ1) is 14.9. The van der Waals surface area contributed by atoms with Crippen molar-refractivity contribution in [1.29, 1.82) is 0 Å². The van der Waals surface area contributed by atoms with E-state index in [1.807, 2.05) is 19.1 Å². The van der Waals surface area contributed by atoms with Gasteiger partial charge in [-0.25, -0.2) is 13.8 Å². The molecule has 0 radical (unpaired) electrons. The molecular weight excluding hydrogens is 404 g/mol. The second-order valence-corrected chi connectivity index (χ2v) is 7.50. The Bertz CT molecular complexity index is 1110. The summed E-state index contributed by atoms with van der Waals surface area (Å²) in [5.41, 5.74) is 1.33. The number of nitrogens with one attached hydrogen (secondary N) is 2. The second-order valence-electron chi connectivity index (χ2n) is 7.50. The van der Waals surface area contributed by atoms with Crippen molar-refractivity contribution < 1.29 is 18.4 Å². The van der Waals surface area contributed by atoms with Crippen LogP contribution in [0.25, 0.3) is 11.4 Å². The van der Waals surface area contributed by atoms with E-state index in [1.54, 1.807) is 12.1 Å². The van der Waals surface area contributed by atoms with Crippen LogP contribution in [-0.4, -0.2) is 45.0 Å². The number of carbonyl (C=O) groups is 2. The van der Waals surface area contributed by atoms with Crippen LogP contribution >= 0.6 is 0 Å². The third-order valence-corrected chi connectivity index (χ3v) is 5.32. The number of anilines is 1. The summed E-state index contributed by atoms with van der Waals surface area (Å²) < 4.78 is 26.9. The Hall–Kier alpha value is -3.62. The van der Waals surface area contributed by atoms with E-state index in [0.717, 1.165) is 23.5 Å². The van der Waals surface area contributed by atoms with E-state index >= 15 is 0 Å². The number of piperidine rings is 1. The molecule has 160 valence electrons. The highest BCUT2D eigenvalue weighted by molar-refractivity contribution is 5.95. The van der Waals surface area contributed by atoms with Crippen LogP contribution in [-0.2, 0) is 4.79 Å². The van der Waals surface area contributed by atoms with Crippen LogP contribution in [0.1, 0.15) is 29.0 Å². The predicted molar refractivity (Wildman–Crippen MR) is 110 cm³/mol. The molecular formula is C22H21F2N5O2. The summed E-state index contributed by atoms with van der Waals surface area (Å²) in [4.78, 5) is 30.9. The molecule has 1 aliphatic heterocycles. The van der Waals surface area contributed by atoms with Crippen LogP contribution in [0.5, 0.6) is 0 Å². The molecule has 0 bridgehead atoms.